The van der Waals surface area contributed by atoms with Gasteiger partial charge < -0.3 is 5.32 Å². The number of benzene rings is 1. The molecule has 140 valence electrons. The Kier molecular flexibility index (Phi) is 4.90. The van der Waals surface area contributed by atoms with Gasteiger partial charge in [-0.2, -0.15) is 0 Å². The Morgan fingerprint density at radius 1 is 1.26 bits per heavy atom. The molecule has 3 heterocycles. The van der Waals surface area contributed by atoms with Crippen LogP contribution in [0.4, 0.5) is 5.69 Å². The minimum absolute atomic E-state index is 0.00970. The summed E-state index contributed by atoms with van der Waals surface area (Å²) in [6, 6.07) is 5.72. The van der Waals surface area contributed by atoms with Gasteiger partial charge in [-0.3, -0.25) is 14.2 Å². The Balaban J connectivity index is 1.76. The van der Waals surface area contributed by atoms with Crippen LogP contribution in [-0.4, -0.2) is 15.5 Å². The van der Waals surface area contributed by atoms with Gasteiger partial charge in [-0.05, 0) is 56.0 Å². The number of amides is 1. The van der Waals surface area contributed by atoms with Gasteiger partial charge in [0.1, 0.15) is 10.7 Å². The number of aryl methyl sites for hydroxylation is 3. The molecule has 0 radical (unpaired) electrons. The number of aromatic nitrogens is 2. The predicted octanol–water partition coefficient (Wildman–Crippen LogP) is 4.82. The molecule has 0 saturated carbocycles. The van der Waals surface area contributed by atoms with Gasteiger partial charge in [0, 0.05) is 23.1 Å². The lowest BCUT2D eigenvalue weighted by Gasteiger charge is -2.08. The van der Waals surface area contributed by atoms with E-state index in [2.05, 4.69) is 21.2 Å². The maximum absolute atomic E-state index is 13.0. The van der Waals surface area contributed by atoms with Crippen molar-refractivity contribution in [3.05, 3.63) is 54.9 Å². The lowest BCUT2D eigenvalue weighted by molar-refractivity contribution is 0.103. The predicted molar refractivity (Wildman–Crippen MR) is 113 cm³/mol. The van der Waals surface area contributed by atoms with Crippen LogP contribution in [0.5, 0.6) is 0 Å². The first kappa shape index (κ1) is 18.4. The lowest BCUT2D eigenvalue weighted by atomic mass is 10.1. The van der Waals surface area contributed by atoms with E-state index in [1.54, 1.807) is 4.57 Å². The number of halogens is 1. The number of thiophene rings is 1. The van der Waals surface area contributed by atoms with Gasteiger partial charge in [0.2, 0.25) is 0 Å². The number of carbonyl (C=O) groups is 1. The number of nitrogens with zero attached hydrogens (tertiary/aromatic N) is 2. The van der Waals surface area contributed by atoms with Gasteiger partial charge in [0.25, 0.3) is 11.5 Å². The van der Waals surface area contributed by atoms with E-state index in [4.69, 9.17) is 4.98 Å². The first-order valence-electron chi connectivity index (χ1n) is 9.06. The van der Waals surface area contributed by atoms with Gasteiger partial charge in [0.15, 0.2) is 0 Å². The zero-order chi connectivity index (χ0) is 19.1. The molecule has 1 N–H and O–H groups in total. The number of hydrogen-bond acceptors (Lipinski definition) is 4. The summed E-state index contributed by atoms with van der Waals surface area (Å²) < 4.78 is 2.77. The topological polar surface area (TPSA) is 64.0 Å². The molecule has 1 aliphatic heterocycles. The molecule has 5 nitrogen and oxygen atoms in total. The van der Waals surface area contributed by atoms with Crippen LogP contribution in [0.3, 0.4) is 0 Å². The molecule has 1 aromatic carbocycles. The summed E-state index contributed by atoms with van der Waals surface area (Å²) in [6.07, 6.45) is 4.00. The van der Waals surface area contributed by atoms with Crippen LogP contribution in [-0.2, 0) is 13.0 Å². The van der Waals surface area contributed by atoms with Gasteiger partial charge in [-0.1, -0.05) is 22.4 Å². The maximum Gasteiger partial charge on any atom is 0.266 e. The van der Waals surface area contributed by atoms with E-state index in [9.17, 15) is 9.59 Å². The number of hydrogen-bond donors (Lipinski definition) is 1. The summed E-state index contributed by atoms with van der Waals surface area (Å²) >= 11 is 4.74. The van der Waals surface area contributed by atoms with Crippen molar-refractivity contribution in [2.75, 3.05) is 5.32 Å². The third kappa shape index (κ3) is 3.34. The van der Waals surface area contributed by atoms with Crippen LogP contribution in [0.25, 0.3) is 10.2 Å². The monoisotopic (exact) mass is 445 g/mol. The number of carbonyl (C=O) groups excluding carboxylic acids is 1. The molecule has 1 aliphatic rings. The highest BCUT2D eigenvalue weighted by Gasteiger charge is 2.22. The third-order valence-corrected chi connectivity index (χ3v) is 6.73. The van der Waals surface area contributed by atoms with Crippen molar-refractivity contribution in [2.45, 2.75) is 46.1 Å². The van der Waals surface area contributed by atoms with Gasteiger partial charge in [0.05, 0.1) is 10.3 Å². The molecule has 3 aromatic rings. The van der Waals surface area contributed by atoms with E-state index in [0.29, 0.717) is 21.6 Å². The summed E-state index contributed by atoms with van der Waals surface area (Å²) in [4.78, 5) is 31.9. The van der Waals surface area contributed by atoms with Crippen LogP contribution in [0.15, 0.2) is 27.5 Å². The summed E-state index contributed by atoms with van der Waals surface area (Å²) in [5.41, 5.74) is 2.45. The minimum atomic E-state index is -0.194. The Morgan fingerprint density at radius 3 is 2.85 bits per heavy atom. The molecule has 1 amide bonds. The summed E-state index contributed by atoms with van der Waals surface area (Å²) in [7, 11) is 0. The van der Waals surface area contributed by atoms with Crippen molar-refractivity contribution in [3.63, 3.8) is 0 Å². The fourth-order valence-electron chi connectivity index (χ4n) is 3.57. The first-order valence-corrected chi connectivity index (χ1v) is 10.7. The smallest absolute Gasteiger partial charge is 0.266 e. The second kappa shape index (κ2) is 7.20. The highest BCUT2D eigenvalue weighted by molar-refractivity contribution is 9.10. The molecule has 7 heteroatoms. The van der Waals surface area contributed by atoms with E-state index in [0.717, 1.165) is 52.8 Å². The zero-order valence-electron chi connectivity index (χ0n) is 15.3. The van der Waals surface area contributed by atoms with Crippen molar-refractivity contribution in [3.8, 4) is 0 Å². The number of nitrogens with one attached hydrogen (secondary N) is 1. The second-order valence-corrected chi connectivity index (χ2v) is 8.86. The second-order valence-electron chi connectivity index (χ2n) is 6.95. The molecule has 0 atom stereocenters. The standard InChI is InChI=1S/C20H20BrN3O2S/c1-11-10-13(21)7-8-14(11)22-18(25)17-12(2)16-19(27-17)23-15-6-4-3-5-9-24(15)20(16)26/h7-8,10H,3-6,9H2,1-2H3,(H,22,25). The van der Waals surface area contributed by atoms with Crippen molar-refractivity contribution in [1.82, 2.24) is 9.55 Å². The maximum atomic E-state index is 13.0. The third-order valence-electron chi connectivity index (χ3n) is 5.05. The molecule has 0 bridgehead atoms. The molecule has 0 saturated heterocycles. The Hall–Kier alpha value is -1.99. The normalized spacial score (nSPS) is 14.0. The number of fused-ring (bicyclic) bond motifs is 2. The van der Waals surface area contributed by atoms with Crippen molar-refractivity contribution in [2.24, 2.45) is 0 Å². The SMILES string of the molecule is Cc1cc(Br)ccc1NC(=O)c1sc2nc3n(c(=O)c2c1C)CCCCC3. The van der Waals surface area contributed by atoms with Crippen LogP contribution in [0, 0.1) is 13.8 Å². The van der Waals surface area contributed by atoms with Gasteiger partial charge in [-0.25, -0.2) is 4.98 Å². The fourth-order valence-corrected chi connectivity index (χ4v) is 5.13. The van der Waals surface area contributed by atoms with E-state index in [-0.39, 0.29) is 11.5 Å². The highest BCUT2D eigenvalue weighted by Crippen LogP contribution is 2.30. The fraction of sp³-hybridized carbons (Fsp3) is 0.350. The van der Waals surface area contributed by atoms with E-state index < -0.39 is 0 Å². The Morgan fingerprint density at radius 2 is 2.07 bits per heavy atom. The Labute approximate surface area is 169 Å². The van der Waals surface area contributed by atoms with Crippen LogP contribution >= 0.6 is 27.3 Å². The molecule has 4 rings (SSSR count). The summed E-state index contributed by atoms with van der Waals surface area (Å²) in [6.45, 7) is 4.50. The number of anilines is 1. The average Bonchev–Trinajstić information content (AvgIpc) is 2.79. The molecule has 0 spiro atoms. The van der Waals surface area contributed by atoms with Crippen molar-refractivity contribution < 1.29 is 4.79 Å². The largest absolute Gasteiger partial charge is 0.321 e. The molecular weight excluding hydrogens is 426 g/mol. The van der Waals surface area contributed by atoms with Crippen LogP contribution in [0.1, 0.15) is 45.9 Å². The average molecular weight is 446 g/mol. The molecule has 0 unspecified atom stereocenters. The highest BCUT2D eigenvalue weighted by atomic mass is 79.9. The zero-order valence-corrected chi connectivity index (χ0v) is 17.7. The summed E-state index contributed by atoms with van der Waals surface area (Å²) in [5, 5.41) is 3.55. The minimum Gasteiger partial charge on any atom is -0.321 e. The Bertz CT molecular complexity index is 1120. The van der Waals surface area contributed by atoms with Crippen LogP contribution < -0.4 is 10.9 Å². The summed E-state index contributed by atoms with van der Waals surface area (Å²) in [5.74, 6) is 0.655. The molecule has 27 heavy (non-hydrogen) atoms. The molecule has 2 aromatic heterocycles. The van der Waals surface area contributed by atoms with Gasteiger partial charge in [-0.15, -0.1) is 11.3 Å². The van der Waals surface area contributed by atoms with E-state index >= 15 is 0 Å². The van der Waals surface area contributed by atoms with E-state index in [1.165, 1.54) is 11.3 Å². The molecule has 0 fully saturated rings. The van der Waals surface area contributed by atoms with Crippen LogP contribution in [0.2, 0.25) is 0 Å². The van der Waals surface area contributed by atoms with E-state index in [1.807, 2.05) is 32.0 Å². The first-order chi connectivity index (χ1) is 13.0. The van der Waals surface area contributed by atoms with Crippen molar-refractivity contribution >= 4 is 49.1 Å². The number of rotatable bonds is 2. The molecular formula is C20H20BrN3O2S. The quantitative estimate of drug-likeness (QED) is 0.614. The van der Waals surface area contributed by atoms with Crippen molar-refractivity contribution in [1.29, 1.82) is 0 Å². The van der Waals surface area contributed by atoms with Gasteiger partial charge >= 0.3 is 0 Å². The lowest BCUT2D eigenvalue weighted by Crippen LogP contribution is -2.24. The molecule has 0 aliphatic carbocycles.